The Balaban J connectivity index is 1.62. The Kier molecular flexibility index (Phi) is 5.46. The highest BCUT2D eigenvalue weighted by Crippen LogP contribution is 2.10. The number of benzene rings is 2. The first-order valence-electron chi connectivity index (χ1n) is 8.42. The first-order valence-corrected chi connectivity index (χ1v) is 8.42. The Morgan fingerprint density at radius 3 is 2.64 bits per heavy atom. The van der Waals surface area contributed by atoms with E-state index < -0.39 is 18.0 Å². The van der Waals surface area contributed by atoms with Gasteiger partial charge in [0.05, 0.1) is 28.9 Å². The molecule has 0 unspecified atom stereocenters. The molecule has 0 bridgehead atoms. The van der Waals surface area contributed by atoms with Crippen molar-refractivity contribution >= 4 is 28.5 Å². The standard InChI is InChI=1S/C20H16N4O4/c1-13(19(26)23-15-8-6-14(10-21)7-9-15)28-18(25)11-24-12-22-17-5-3-2-4-16(17)20(24)27/h2-9,12-13H,11H2,1H3,(H,23,26)/t13-/m1/s1. The van der Waals surface area contributed by atoms with Gasteiger partial charge in [0, 0.05) is 5.69 Å². The number of fused-ring (bicyclic) bond motifs is 1. The molecule has 8 nitrogen and oxygen atoms in total. The topological polar surface area (TPSA) is 114 Å². The third kappa shape index (κ3) is 4.22. The van der Waals surface area contributed by atoms with Crippen molar-refractivity contribution in [1.82, 2.24) is 9.55 Å². The van der Waals surface area contributed by atoms with E-state index in [0.717, 1.165) is 4.57 Å². The molecule has 1 aromatic heterocycles. The number of esters is 1. The normalized spacial score (nSPS) is 11.4. The summed E-state index contributed by atoms with van der Waals surface area (Å²) < 4.78 is 6.24. The molecule has 1 atom stereocenters. The summed E-state index contributed by atoms with van der Waals surface area (Å²) in [6.45, 7) is 1.07. The van der Waals surface area contributed by atoms with Crippen molar-refractivity contribution in [3.05, 3.63) is 70.8 Å². The van der Waals surface area contributed by atoms with E-state index in [-0.39, 0.29) is 12.1 Å². The number of nitrogens with one attached hydrogen (secondary N) is 1. The molecular weight excluding hydrogens is 360 g/mol. The van der Waals surface area contributed by atoms with E-state index >= 15 is 0 Å². The molecule has 0 aliphatic rings. The van der Waals surface area contributed by atoms with E-state index in [2.05, 4.69) is 10.3 Å². The lowest BCUT2D eigenvalue weighted by atomic mass is 10.2. The number of amides is 1. The number of hydrogen-bond donors (Lipinski definition) is 1. The van der Waals surface area contributed by atoms with Crippen LogP contribution in [0.4, 0.5) is 5.69 Å². The van der Waals surface area contributed by atoms with E-state index in [0.29, 0.717) is 22.2 Å². The van der Waals surface area contributed by atoms with Crippen molar-refractivity contribution in [3.8, 4) is 6.07 Å². The Hall–Kier alpha value is -3.99. The monoisotopic (exact) mass is 376 g/mol. The lowest BCUT2D eigenvalue weighted by Crippen LogP contribution is -2.33. The number of anilines is 1. The van der Waals surface area contributed by atoms with Gasteiger partial charge in [-0.25, -0.2) is 4.98 Å². The molecule has 0 spiro atoms. The van der Waals surface area contributed by atoms with Crippen LogP contribution in [-0.4, -0.2) is 27.5 Å². The van der Waals surface area contributed by atoms with Crippen molar-refractivity contribution in [2.75, 3.05) is 5.32 Å². The van der Waals surface area contributed by atoms with Crippen LogP contribution in [0.1, 0.15) is 12.5 Å². The second-order valence-electron chi connectivity index (χ2n) is 6.01. The second-order valence-corrected chi connectivity index (χ2v) is 6.01. The van der Waals surface area contributed by atoms with Crippen LogP contribution in [-0.2, 0) is 20.9 Å². The fourth-order valence-corrected chi connectivity index (χ4v) is 2.52. The maximum atomic E-state index is 12.4. The fraction of sp³-hybridized carbons (Fsp3) is 0.150. The largest absolute Gasteiger partial charge is 0.451 e. The lowest BCUT2D eigenvalue weighted by molar-refractivity contribution is -0.153. The van der Waals surface area contributed by atoms with Crippen LogP contribution in [0.3, 0.4) is 0 Å². The van der Waals surface area contributed by atoms with Crippen LogP contribution in [0, 0.1) is 11.3 Å². The average molecular weight is 376 g/mol. The molecule has 0 saturated carbocycles. The summed E-state index contributed by atoms with van der Waals surface area (Å²) in [7, 11) is 0. The van der Waals surface area contributed by atoms with Gasteiger partial charge >= 0.3 is 5.97 Å². The fourth-order valence-electron chi connectivity index (χ4n) is 2.52. The zero-order valence-electron chi connectivity index (χ0n) is 15.0. The van der Waals surface area contributed by atoms with Gasteiger partial charge in [-0.2, -0.15) is 5.26 Å². The minimum atomic E-state index is -1.06. The molecular formula is C20H16N4O4. The molecule has 3 aromatic rings. The number of aromatic nitrogens is 2. The molecule has 0 aliphatic heterocycles. The van der Waals surface area contributed by atoms with Gasteiger partial charge in [-0.15, -0.1) is 0 Å². The van der Waals surface area contributed by atoms with Crippen LogP contribution in [0.2, 0.25) is 0 Å². The molecule has 8 heteroatoms. The van der Waals surface area contributed by atoms with E-state index in [1.54, 1.807) is 48.5 Å². The molecule has 0 fully saturated rings. The summed E-state index contributed by atoms with van der Waals surface area (Å²) in [6.07, 6.45) is 0.209. The number of rotatable bonds is 5. The molecule has 3 rings (SSSR count). The Bertz CT molecular complexity index is 1130. The first kappa shape index (κ1) is 18.8. The summed E-state index contributed by atoms with van der Waals surface area (Å²) in [4.78, 5) is 40.8. The predicted molar refractivity (Wildman–Crippen MR) is 101 cm³/mol. The molecule has 2 aromatic carbocycles. The maximum Gasteiger partial charge on any atom is 0.326 e. The van der Waals surface area contributed by atoms with Crippen molar-refractivity contribution in [2.45, 2.75) is 19.6 Å². The van der Waals surface area contributed by atoms with Crippen LogP contribution in [0.5, 0.6) is 0 Å². The number of carbonyl (C=O) groups is 2. The van der Waals surface area contributed by atoms with Gasteiger partial charge in [-0.3, -0.25) is 19.0 Å². The number of nitriles is 1. The summed E-state index contributed by atoms with van der Waals surface area (Å²) >= 11 is 0. The van der Waals surface area contributed by atoms with Crippen molar-refractivity contribution < 1.29 is 14.3 Å². The van der Waals surface area contributed by atoms with Crippen molar-refractivity contribution in [1.29, 1.82) is 5.26 Å². The minimum absolute atomic E-state index is 0.356. The van der Waals surface area contributed by atoms with Gasteiger partial charge in [0.1, 0.15) is 6.54 Å². The number of nitrogens with zero attached hydrogens (tertiary/aromatic N) is 3. The van der Waals surface area contributed by atoms with Gasteiger partial charge in [0.2, 0.25) is 0 Å². The summed E-state index contributed by atoms with van der Waals surface area (Å²) in [6, 6.07) is 15.1. The Morgan fingerprint density at radius 1 is 1.21 bits per heavy atom. The van der Waals surface area contributed by atoms with E-state index in [9.17, 15) is 14.4 Å². The third-order valence-electron chi connectivity index (χ3n) is 3.99. The van der Waals surface area contributed by atoms with Crippen LogP contribution >= 0.6 is 0 Å². The Morgan fingerprint density at radius 2 is 1.93 bits per heavy atom. The highest BCUT2D eigenvalue weighted by molar-refractivity contribution is 5.95. The zero-order chi connectivity index (χ0) is 20.1. The van der Waals surface area contributed by atoms with Crippen LogP contribution in [0.25, 0.3) is 10.9 Å². The second kappa shape index (κ2) is 8.14. The number of carbonyl (C=O) groups excluding carboxylic acids is 2. The smallest absolute Gasteiger partial charge is 0.326 e. The highest BCUT2D eigenvalue weighted by Gasteiger charge is 2.19. The van der Waals surface area contributed by atoms with Gasteiger partial charge in [-0.1, -0.05) is 12.1 Å². The highest BCUT2D eigenvalue weighted by atomic mass is 16.5. The van der Waals surface area contributed by atoms with E-state index in [1.165, 1.54) is 13.3 Å². The molecule has 28 heavy (non-hydrogen) atoms. The SMILES string of the molecule is C[C@@H](OC(=O)Cn1cnc2ccccc2c1=O)C(=O)Nc1ccc(C#N)cc1. The van der Waals surface area contributed by atoms with Gasteiger partial charge in [-0.05, 0) is 43.3 Å². The molecule has 1 amide bonds. The molecule has 140 valence electrons. The first-order chi connectivity index (χ1) is 13.5. The van der Waals surface area contributed by atoms with Crippen molar-refractivity contribution in [3.63, 3.8) is 0 Å². The van der Waals surface area contributed by atoms with Crippen LogP contribution in [0.15, 0.2) is 59.7 Å². The lowest BCUT2D eigenvalue weighted by Gasteiger charge is -2.14. The third-order valence-corrected chi connectivity index (χ3v) is 3.99. The minimum Gasteiger partial charge on any atom is -0.451 e. The molecule has 0 saturated heterocycles. The summed E-state index contributed by atoms with van der Waals surface area (Å²) in [5.41, 5.74) is 1.11. The molecule has 1 heterocycles. The Labute approximate surface area is 160 Å². The number of para-hydroxylation sites is 1. The molecule has 1 N–H and O–H groups in total. The summed E-state index contributed by atoms with van der Waals surface area (Å²) in [5, 5.41) is 11.8. The molecule has 0 radical (unpaired) electrons. The van der Waals surface area contributed by atoms with E-state index in [1.807, 2.05) is 6.07 Å². The number of ether oxygens (including phenoxy) is 1. The summed E-state index contributed by atoms with van der Waals surface area (Å²) in [5.74, 6) is -1.26. The quantitative estimate of drug-likeness (QED) is 0.680. The predicted octanol–water partition coefficient (Wildman–Crippen LogP) is 1.84. The van der Waals surface area contributed by atoms with Gasteiger partial charge in [0.25, 0.3) is 11.5 Å². The molecule has 0 aliphatic carbocycles. The van der Waals surface area contributed by atoms with Gasteiger partial charge in [0.15, 0.2) is 6.10 Å². The maximum absolute atomic E-state index is 12.4. The zero-order valence-corrected chi connectivity index (χ0v) is 15.0. The van der Waals surface area contributed by atoms with E-state index in [4.69, 9.17) is 10.00 Å². The number of hydrogen-bond acceptors (Lipinski definition) is 6. The van der Waals surface area contributed by atoms with Crippen LogP contribution < -0.4 is 10.9 Å². The van der Waals surface area contributed by atoms with Gasteiger partial charge < -0.3 is 10.1 Å². The van der Waals surface area contributed by atoms with Crippen molar-refractivity contribution in [2.24, 2.45) is 0 Å². The average Bonchev–Trinajstić information content (AvgIpc) is 2.70.